The van der Waals surface area contributed by atoms with Gasteiger partial charge in [-0.05, 0) is 34.1 Å². The van der Waals surface area contributed by atoms with Gasteiger partial charge >= 0.3 is 0 Å². The summed E-state index contributed by atoms with van der Waals surface area (Å²) in [6.07, 6.45) is 14.7. The first-order chi connectivity index (χ1) is 12.3. The van der Waals surface area contributed by atoms with Gasteiger partial charge in [0.1, 0.15) is 12.2 Å². The van der Waals surface area contributed by atoms with Crippen molar-refractivity contribution in [2.24, 2.45) is 0 Å². The Morgan fingerprint density at radius 1 is 0.692 bits per heavy atom. The molecule has 2 aliphatic rings. The molecule has 2 saturated heterocycles. The van der Waals surface area contributed by atoms with Crippen LogP contribution in [0.3, 0.4) is 0 Å². The molecule has 0 aromatic heterocycles. The summed E-state index contributed by atoms with van der Waals surface area (Å²) in [5.41, 5.74) is 0. The lowest BCUT2D eigenvalue weighted by Crippen LogP contribution is -2.38. The number of hydrogen-bond donors (Lipinski definition) is 0. The van der Waals surface area contributed by atoms with E-state index in [1.54, 1.807) is 0 Å². The molecule has 0 spiro atoms. The van der Waals surface area contributed by atoms with Crippen molar-refractivity contribution >= 4 is 0 Å². The van der Waals surface area contributed by atoms with Crippen LogP contribution in [0.15, 0.2) is 0 Å². The summed E-state index contributed by atoms with van der Waals surface area (Å²) in [5.74, 6) is -1.04. The molecule has 26 heavy (non-hydrogen) atoms. The van der Waals surface area contributed by atoms with Crippen molar-refractivity contribution in [1.82, 2.24) is 0 Å². The summed E-state index contributed by atoms with van der Waals surface area (Å²) in [7, 11) is 0. The van der Waals surface area contributed by atoms with E-state index in [0.717, 1.165) is 6.42 Å². The Kier molecular flexibility index (Phi) is 8.85. The number of unbranched alkanes of at least 4 members (excludes halogenated alkanes) is 9. The smallest absolute Gasteiger partial charge is 0.163 e. The van der Waals surface area contributed by atoms with E-state index in [1.807, 2.05) is 27.7 Å². The highest BCUT2D eigenvalue weighted by molar-refractivity contribution is 4.90. The average Bonchev–Trinajstić information content (AvgIpc) is 3.07. The van der Waals surface area contributed by atoms with Crippen LogP contribution in [0.5, 0.6) is 0 Å². The van der Waals surface area contributed by atoms with Crippen LogP contribution in [0.2, 0.25) is 0 Å². The molecular formula is C22H42O4. The average molecular weight is 371 g/mol. The molecule has 2 rings (SSSR count). The third kappa shape index (κ3) is 7.46. The lowest BCUT2D eigenvalue weighted by Gasteiger charge is -2.23. The second-order valence-corrected chi connectivity index (χ2v) is 8.98. The summed E-state index contributed by atoms with van der Waals surface area (Å²) < 4.78 is 24.1. The van der Waals surface area contributed by atoms with Crippen molar-refractivity contribution < 1.29 is 18.9 Å². The topological polar surface area (TPSA) is 36.9 Å². The van der Waals surface area contributed by atoms with Crippen LogP contribution in [0, 0.1) is 0 Å². The SMILES string of the molecule is CCCCCCCCCCCC[C@H]1OC(C)(C)O[C@@H]1[C@H]1COC(C)(C)O1. The Bertz CT molecular complexity index is 394. The fourth-order valence-corrected chi connectivity index (χ4v) is 4.11. The Hall–Kier alpha value is -0.160. The van der Waals surface area contributed by atoms with E-state index in [9.17, 15) is 0 Å². The fraction of sp³-hybridized carbons (Fsp3) is 1.00. The molecule has 2 fully saturated rings. The summed E-state index contributed by atoms with van der Waals surface area (Å²) >= 11 is 0. The Morgan fingerprint density at radius 2 is 1.27 bits per heavy atom. The molecule has 4 nitrogen and oxygen atoms in total. The van der Waals surface area contributed by atoms with E-state index < -0.39 is 11.6 Å². The minimum atomic E-state index is -0.524. The molecular weight excluding hydrogens is 328 g/mol. The molecule has 154 valence electrons. The molecule has 0 amide bonds. The van der Waals surface area contributed by atoms with Crippen molar-refractivity contribution in [3.05, 3.63) is 0 Å². The highest BCUT2D eigenvalue weighted by atomic mass is 16.8. The Labute approximate surface area is 161 Å². The molecule has 0 saturated carbocycles. The quantitative estimate of drug-likeness (QED) is 0.397. The van der Waals surface area contributed by atoms with Gasteiger partial charge in [0.15, 0.2) is 11.6 Å². The largest absolute Gasteiger partial charge is 0.348 e. The molecule has 0 unspecified atom stereocenters. The summed E-state index contributed by atoms with van der Waals surface area (Å²) in [6, 6.07) is 0. The van der Waals surface area contributed by atoms with Gasteiger partial charge in [0.05, 0.1) is 12.7 Å². The zero-order valence-corrected chi connectivity index (χ0v) is 17.9. The molecule has 0 aromatic carbocycles. The minimum Gasteiger partial charge on any atom is -0.348 e. The summed E-state index contributed by atoms with van der Waals surface area (Å²) in [4.78, 5) is 0. The van der Waals surface area contributed by atoms with Crippen molar-refractivity contribution in [3.63, 3.8) is 0 Å². The third-order valence-electron chi connectivity index (χ3n) is 5.46. The maximum atomic E-state index is 6.17. The van der Waals surface area contributed by atoms with E-state index in [4.69, 9.17) is 18.9 Å². The normalized spacial score (nSPS) is 30.1. The fourth-order valence-electron chi connectivity index (χ4n) is 4.11. The third-order valence-corrected chi connectivity index (χ3v) is 5.46. The van der Waals surface area contributed by atoms with Gasteiger partial charge in [0.2, 0.25) is 0 Å². The van der Waals surface area contributed by atoms with Gasteiger partial charge in [-0.2, -0.15) is 0 Å². The van der Waals surface area contributed by atoms with E-state index in [-0.39, 0.29) is 18.3 Å². The first kappa shape index (κ1) is 22.1. The van der Waals surface area contributed by atoms with Gasteiger partial charge in [-0.25, -0.2) is 0 Å². The van der Waals surface area contributed by atoms with Crippen LogP contribution >= 0.6 is 0 Å². The molecule has 0 N–H and O–H groups in total. The molecule has 2 heterocycles. The van der Waals surface area contributed by atoms with E-state index in [2.05, 4.69) is 6.92 Å². The second-order valence-electron chi connectivity index (χ2n) is 8.98. The molecule has 0 aliphatic carbocycles. The van der Waals surface area contributed by atoms with Gasteiger partial charge in [-0.3, -0.25) is 0 Å². The van der Waals surface area contributed by atoms with Gasteiger partial charge in [-0.1, -0.05) is 71.1 Å². The first-order valence-electron chi connectivity index (χ1n) is 11.0. The van der Waals surface area contributed by atoms with Crippen LogP contribution < -0.4 is 0 Å². The van der Waals surface area contributed by atoms with Crippen LogP contribution in [0.25, 0.3) is 0 Å². The van der Waals surface area contributed by atoms with Crippen LogP contribution in [-0.2, 0) is 18.9 Å². The minimum absolute atomic E-state index is 0.0228. The molecule has 3 atom stereocenters. The zero-order chi connectivity index (χ0) is 19.0. The maximum absolute atomic E-state index is 6.17. The predicted molar refractivity (Wildman–Crippen MR) is 105 cm³/mol. The highest BCUT2D eigenvalue weighted by Gasteiger charge is 2.49. The summed E-state index contributed by atoms with van der Waals surface area (Å²) in [5, 5.41) is 0. The monoisotopic (exact) mass is 370 g/mol. The van der Waals surface area contributed by atoms with Gasteiger partial charge < -0.3 is 18.9 Å². The van der Waals surface area contributed by atoms with Crippen LogP contribution in [-0.4, -0.2) is 36.5 Å². The molecule has 0 radical (unpaired) electrons. The highest BCUT2D eigenvalue weighted by Crippen LogP contribution is 2.37. The lowest BCUT2D eigenvalue weighted by atomic mass is 10.0. The first-order valence-corrected chi connectivity index (χ1v) is 11.0. The summed E-state index contributed by atoms with van der Waals surface area (Å²) in [6.45, 7) is 10.8. The van der Waals surface area contributed by atoms with Crippen molar-refractivity contribution in [2.75, 3.05) is 6.61 Å². The maximum Gasteiger partial charge on any atom is 0.163 e. The zero-order valence-electron chi connectivity index (χ0n) is 17.9. The van der Waals surface area contributed by atoms with Crippen molar-refractivity contribution in [1.29, 1.82) is 0 Å². The van der Waals surface area contributed by atoms with Crippen molar-refractivity contribution in [3.8, 4) is 0 Å². The standard InChI is InChI=1S/C22H42O4/c1-6-7-8-9-10-11-12-13-14-15-16-18-20(26-22(4,5)24-18)19-17-23-21(2,3)25-19/h18-20H,6-17H2,1-5H3/t18-,19-,20+/m1/s1. The number of hydrogen-bond acceptors (Lipinski definition) is 4. The number of ether oxygens (including phenoxy) is 4. The van der Waals surface area contributed by atoms with E-state index >= 15 is 0 Å². The van der Waals surface area contributed by atoms with Gasteiger partial charge in [-0.15, -0.1) is 0 Å². The van der Waals surface area contributed by atoms with Gasteiger partial charge in [0.25, 0.3) is 0 Å². The predicted octanol–water partition coefficient (Wildman–Crippen LogP) is 5.97. The molecule has 4 heteroatoms. The van der Waals surface area contributed by atoms with Crippen molar-refractivity contribution in [2.45, 2.75) is 135 Å². The Balaban J connectivity index is 1.61. The van der Waals surface area contributed by atoms with Crippen LogP contribution in [0.4, 0.5) is 0 Å². The molecule has 2 aliphatic heterocycles. The number of rotatable bonds is 12. The second kappa shape index (κ2) is 10.4. The lowest BCUT2D eigenvalue weighted by molar-refractivity contribution is -0.174. The van der Waals surface area contributed by atoms with Gasteiger partial charge in [0, 0.05) is 0 Å². The van der Waals surface area contributed by atoms with E-state index in [1.165, 1.54) is 64.2 Å². The molecule has 0 bridgehead atoms. The van der Waals surface area contributed by atoms with E-state index in [0.29, 0.717) is 6.61 Å². The molecule has 0 aromatic rings. The Morgan fingerprint density at radius 3 is 1.81 bits per heavy atom. The van der Waals surface area contributed by atoms with Crippen LogP contribution in [0.1, 0.15) is 105 Å².